The molecule has 5 rings (SSSR count). The molecule has 230 valence electrons. The summed E-state index contributed by atoms with van der Waals surface area (Å²) in [6.45, 7) is -0.616. The zero-order valence-electron chi connectivity index (χ0n) is 22.5. The predicted octanol–water partition coefficient (Wildman–Crippen LogP) is 1.43. The maximum absolute atomic E-state index is 13.6. The molecule has 0 saturated carbocycles. The first-order valence-electron chi connectivity index (χ1n) is 13.0. The molecule has 8 N–H and O–H groups in total. The highest BCUT2D eigenvalue weighted by Crippen LogP contribution is 2.39. The molecular formula is C30H26O14. The lowest BCUT2D eigenvalue weighted by Crippen LogP contribution is -2.60. The molecule has 0 bridgehead atoms. The summed E-state index contributed by atoms with van der Waals surface area (Å²) in [5.74, 6) is -4.08. The van der Waals surface area contributed by atoms with Crippen LogP contribution in [0.4, 0.5) is 0 Å². The molecule has 14 nitrogen and oxygen atoms in total. The van der Waals surface area contributed by atoms with E-state index in [1.807, 2.05) is 0 Å². The molecule has 1 saturated heterocycles. The third-order valence-electron chi connectivity index (χ3n) is 6.75. The largest absolute Gasteiger partial charge is 0.508 e. The van der Waals surface area contributed by atoms with Gasteiger partial charge in [0.15, 0.2) is 17.3 Å². The van der Waals surface area contributed by atoms with Crippen molar-refractivity contribution in [3.8, 4) is 45.8 Å². The Labute approximate surface area is 247 Å². The van der Waals surface area contributed by atoms with Gasteiger partial charge in [0.1, 0.15) is 59.2 Å². The van der Waals surface area contributed by atoms with Crippen LogP contribution in [0.25, 0.3) is 28.4 Å². The number of ether oxygens (including phenoxy) is 3. The van der Waals surface area contributed by atoms with E-state index < -0.39 is 82.8 Å². The molecule has 0 radical (unpaired) electrons. The van der Waals surface area contributed by atoms with Gasteiger partial charge >= 0.3 is 5.97 Å². The van der Waals surface area contributed by atoms with E-state index in [2.05, 4.69) is 0 Å². The van der Waals surface area contributed by atoms with E-state index in [0.29, 0.717) is 5.56 Å². The monoisotopic (exact) mass is 610 g/mol. The Morgan fingerprint density at radius 3 is 2.25 bits per heavy atom. The zero-order chi connectivity index (χ0) is 31.7. The van der Waals surface area contributed by atoms with Gasteiger partial charge in [-0.05, 0) is 42.0 Å². The van der Waals surface area contributed by atoms with Crippen molar-refractivity contribution in [2.24, 2.45) is 0 Å². The minimum absolute atomic E-state index is 0.0195. The van der Waals surface area contributed by atoms with Gasteiger partial charge in [-0.1, -0.05) is 12.1 Å². The van der Waals surface area contributed by atoms with Gasteiger partial charge in [-0.25, -0.2) is 4.79 Å². The van der Waals surface area contributed by atoms with Crippen molar-refractivity contribution >= 4 is 23.0 Å². The number of hydrogen-bond donors (Lipinski definition) is 8. The summed E-state index contributed by atoms with van der Waals surface area (Å²) in [6, 6.07) is 11.2. The van der Waals surface area contributed by atoms with E-state index in [9.17, 15) is 50.4 Å². The highest BCUT2D eigenvalue weighted by Gasteiger charge is 2.46. The molecule has 1 aliphatic rings. The first kappa shape index (κ1) is 30.2. The number of fused-ring (bicyclic) bond motifs is 1. The fraction of sp³-hybridized carbons (Fsp3) is 0.200. The Morgan fingerprint density at radius 2 is 1.55 bits per heavy atom. The smallest absolute Gasteiger partial charge is 0.330 e. The van der Waals surface area contributed by atoms with Crippen LogP contribution in [-0.4, -0.2) is 84.1 Å². The van der Waals surface area contributed by atoms with Crippen molar-refractivity contribution in [1.82, 2.24) is 0 Å². The number of phenols is 5. The van der Waals surface area contributed by atoms with Gasteiger partial charge in [-0.15, -0.1) is 0 Å². The Hall–Kier alpha value is -5.28. The summed E-state index contributed by atoms with van der Waals surface area (Å²) in [7, 11) is 0. The zero-order valence-corrected chi connectivity index (χ0v) is 22.5. The Kier molecular flexibility index (Phi) is 8.33. The molecule has 1 aromatic heterocycles. The van der Waals surface area contributed by atoms with Gasteiger partial charge in [0.2, 0.25) is 17.5 Å². The molecule has 1 aliphatic heterocycles. The number of esters is 1. The SMILES string of the molecule is O=C(/C=C/c1ccc(O)cc1)OCC1OC(Oc2c(-c3ccc(O)c(O)c3)oc3cc(O)cc(O)c3c2=O)C(O)C(O)C1O. The normalized spacial score (nSPS) is 21.8. The average Bonchev–Trinajstić information content (AvgIpc) is 2.98. The Balaban J connectivity index is 1.43. The van der Waals surface area contributed by atoms with Crippen LogP contribution < -0.4 is 10.2 Å². The lowest BCUT2D eigenvalue weighted by molar-refractivity contribution is -0.278. The number of hydrogen-bond acceptors (Lipinski definition) is 14. The van der Waals surface area contributed by atoms with E-state index in [1.165, 1.54) is 24.3 Å². The number of carbonyl (C=O) groups excluding carboxylic acids is 1. The van der Waals surface area contributed by atoms with Crippen molar-refractivity contribution in [3.05, 3.63) is 76.5 Å². The second-order valence-corrected chi connectivity index (χ2v) is 9.82. The van der Waals surface area contributed by atoms with Crippen LogP contribution in [0.2, 0.25) is 0 Å². The third kappa shape index (κ3) is 6.09. The molecule has 0 aliphatic carbocycles. The minimum Gasteiger partial charge on any atom is -0.508 e. The fourth-order valence-electron chi connectivity index (χ4n) is 4.46. The van der Waals surface area contributed by atoms with Crippen LogP contribution in [0.15, 0.2) is 69.9 Å². The quantitative estimate of drug-likeness (QED) is 0.0840. The maximum Gasteiger partial charge on any atom is 0.330 e. The van der Waals surface area contributed by atoms with E-state index in [0.717, 1.165) is 30.3 Å². The molecule has 2 heterocycles. The molecule has 0 spiro atoms. The van der Waals surface area contributed by atoms with E-state index in [-0.39, 0.29) is 22.7 Å². The first-order chi connectivity index (χ1) is 20.9. The third-order valence-corrected chi connectivity index (χ3v) is 6.75. The molecule has 4 aromatic rings. The first-order valence-corrected chi connectivity index (χ1v) is 13.0. The van der Waals surface area contributed by atoms with Crippen molar-refractivity contribution in [2.75, 3.05) is 6.61 Å². The van der Waals surface area contributed by atoms with Crippen molar-refractivity contribution in [1.29, 1.82) is 0 Å². The van der Waals surface area contributed by atoms with E-state index in [1.54, 1.807) is 12.1 Å². The highest BCUT2D eigenvalue weighted by atomic mass is 16.7. The highest BCUT2D eigenvalue weighted by molar-refractivity contribution is 5.88. The summed E-state index contributed by atoms with van der Waals surface area (Å²) in [4.78, 5) is 25.8. The molecule has 5 atom stereocenters. The minimum atomic E-state index is -1.95. The number of benzene rings is 3. The molecule has 0 amide bonds. The van der Waals surface area contributed by atoms with Gasteiger partial charge in [0.25, 0.3) is 0 Å². The van der Waals surface area contributed by atoms with Crippen molar-refractivity contribution < 1.29 is 64.3 Å². The number of aliphatic hydroxyl groups is 3. The van der Waals surface area contributed by atoms with Crippen molar-refractivity contribution in [3.63, 3.8) is 0 Å². The Morgan fingerprint density at radius 1 is 0.818 bits per heavy atom. The number of aliphatic hydroxyl groups excluding tert-OH is 3. The summed E-state index contributed by atoms with van der Waals surface area (Å²) >= 11 is 0. The molecule has 3 aromatic carbocycles. The number of aromatic hydroxyl groups is 5. The van der Waals surface area contributed by atoms with Gasteiger partial charge in [0, 0.05) is 23.8 Å². The van der Waals surface area contributed by atoms with E-state index >= 15 is 0 Å². The molecule has 1 fully saturated rings. The second-order valence-electron chi connectivity index (χ2n) is 9.82. The number of carbonyl (C=O) groups is 1. The van der Waals surface area contributed by atoms with Crippen molar-refractivity contribution in [2.45, 2.75) is 30.7 Å². The van der Waals surface area contributed by atoms with Crippen LogP contribution in [0, 0.1) is 0 Å². The molecular weight excluding hydrogens is 584 g/mol. The van der Waals surface area contributed by atoms with Gasteiger partial charge in [0.05, 0.1) is 0 Å². The second kappa shape index (κ2) is 12.1. The van der Waals surface area contributed by atoms with Crippen LogP contribution in [-0.2, 0) is 14.3 Å². The molecule has 44 heavy (non-hydrogen) atoms. The van der Waals surface area contributed by atoms with Gasteiger partial charge in [-0.2, -0.15) is 0 Å². The number of rotatable bonds is 7. The summed E-state index contributed by atoms with van der Waals surface area (Å²) < 4.78 is 22.1. The summed E-state index contributed by atoms with van der Waals surface area (Å²) in [5, 5.41) is 80.6. The van der Waals surface area contributed by atoms with E-state index in [4.69, 9.17) is 18.6 Å². The lowest BCUT2D eigenvalue weighted by atomic mass is 9.99. The standard InChI is InChI=1S/C30H26O14/c31-15-5-1-13(2-6-15)3-8-22(36)41-12-21-24(37)26(39)27(40)30(43-21)44-29-25(38)23-19(35)10-16(32)11-20(23)42-28(29)14-4-7-17(33)18(34)9-14/h1-11,21,24,26-27,30-35,37,39-40H,12H2/b8-3+. The molecule has 5 unspecified atom stereocenters. The van der Waals surface area contributed by atoms with Gasteiger partial charge < -0.3 is 59.5 Å². The van der Waals surface area contributed by atoms with Gasteiger partial charge in [-0.3, -0.25) is 4.79 Å². The maximum atomic E-state index is 13.6. The Bertz CT molecular complexity index is 1780. The predicted molar refractivity (Wildman–Crippen MR) is 150 cm³/mol. The molecule has 14 heteroatoms. The van der Waals surface area contributed by atoms with Crippen LogP contribution >= 0.6 is 0 Å². The summed E-state index contributed by atoms with van der Waals surface area (Å²) in [5.41, 5.74) is -0.735. The number of phenolic OH excluding ortho intramolecular Hbond substituents is 5. The van der Waals surface area contributed by atoms with Crippen LogP contribution in [0.3, 0.4) is 0 Å². The van der Waals surface area contributed by atoms with Crippen LogP contribution in [0.5, 0.6) is 34.5 Å². The topological polar surface area (TPSA) is 237 Å². The summed E-state index contributed by atoms with van der Waals surface area (Å²) in [6.07, 6.45) is -6.45. The average molecular weight is 611 g/mol. The van der Waals surface area contributed by atoms with Crippen LogP contribution in [0.1, 0.15) is 5.56 Å². The lowest BCUT2D eigenvalue weighted by Gasteiger charge is -2.39. The fourth-order valence-corrected chi connectivity index (χ4v) is 4.46.